The summed E-state index contributed by atoms with van der Waals surface area (Å²) in [6.45, 7) is 12.4. The van der Waals surface area contributed by atoms with Crippen LogP contribution >= 0.6 is 0 Å². The number of carbonyl (C=O) groups excluding carboxylic acids is 1. The summed E-state index contributed by atoms with van der Waals surface area (Å²) < 4.78 is 11.4. The Morgan fingerprint density at radius 3 is 2.36 bits per heavy atom. The lowest BCUT2D eigenvalue weighted by molar-refractivity contribution is -0.297. The van der Waals surface area contributed by atoms with Crippen molar-refractivity contribution < 1.29 is 50.0 Å². The first-order valence-electron chi connectivity index (χ1n) is 16.9. The highest BCUT2D eigenvalue weighted by atomic mass is 16.7. The molecule has 15 atom stereocenters. The highest BCUT2D eigenvalue weighted by molar-refractivity contribution is 5.79. The zero-order valence-corrected chi connectivity index (χ0v) is 27.2. The first kappa shape index (κ1) is 33.5. The molecule has 1 saturated heterocycles. The Bertz CT molecular complexity index is 1230. The molecule has 0 amide bonds. The summed E-state index contributed by atoms with van der Waals surface area (Å²) in [5.41, 5.74) is -0.0788. The molecule has 5 aliphatic carbocycles. The van der Waals surface area contributed by atoms with Crippen molar-refractivity contribution in [3.8, 4) is 0 Å². The summed E-state index contributed by atoms with van der Waals surface area (Å²) in [5, 5.41) is 73.5. The third kappa shape index (κ3) is 4.46. The van der Waals surface area contributed by atoms with Gasteiger partial charge in [-0.2, -0.15) is 0 Å². The molecule has 45 heavy (non-hydrogen) atoms. The summed E-state index contributed by atoms with van der Waals surface area (Å²) >= 11 is 0. The maximum atomic E-state index is 14.3. The van der Waals surface area contributed by atoms with E-state index >= 15 is 0 Å². The van der Waals surface area contributed by atoms with E-state index in [0.717, 1.165) is 31.3 Å². The van der Waals surface area contributed by atoms with Crippen molar-refractivity contribution in [1.82, 2.24) is 0 Å². The molecule has 0 bridgehead atoms. The maximum absolute atomic E-state index is 14.3. The second-order valence-electron chi connectivity index (χ2n) is 16.4. The molecule has 7 N–H and O–H groups in total. The van der Waals surface area contributed by atoms with Crippen molar-refractivity contribution in [1.29, 1.82) is 0 Å². The first-order chi connectivity index (χ1) is 21.0. The van der Waals surface area contributed by atoms with Gasteiger partial charge < -0.3 is 45.2 Å². The van der Waals surface area contributed by atoms with Gasteiger partial charge in [0.05, 0.1) is 30.8 Å². The number of esters is 1. The summed E-state index contributed by atoms with van der Waals surface area (Å²) in [6.07, 6.45) is -0.973. The minimum atomic E-state index is -1.66. The molecule has 254 valence electrons. The van der Waals surface area contributed by atoms with Gasteiger partial charge >= 0.3 is 5.97 Å². The number of ether oxygens (including phenoxy) is 2. The minimum Gasteiger partial charge on any atom is -0.432 e. The third-order valence-corrected chi connectivity index (χ3v) is 14.6. The van der Waals surface area contributed by atoms with Crippen molar-refractivity contribution in [2.45, 2.75) is 128 Å². The molecular weight excluding hydrogens is 580 g/mol. The topological polar surface area (TPSA) is 177 Å². The number of allylic oxidation sites excluding steroid dienone is 3. The molecule has 0 aromatic rings. The van der Waals surface area contributed by atoms with Crippen molar-refractivity contribution in [2.24, 2.45) is 44.8 Å². The van der Waals surface area contributed by atoms with E-state index in [2.05, 4.69) is 33.4 Å². The summed E-state index contributed by atoms with van der Waals surface area (Å²) in [6, 6.07) is 0. The lowest BCUT2D eigenvalue weighted by Gasteiger charge is -2.71. The van der Waals surface area contributed by atoms with Crippen LogP contribution < -0.4 is 0 Å². The molecule has 0 aromatic carbocycles. The molecule has 5 fully saturated rings. The van der Waals surface area contributed by atoms with Crippen LogP contribution in [0.3, 0.4) is 0 Å². The van der Waals surface area contributed by atoms with Gasteiger partial charge in [0.15, 0.2) is 0 Å². The van der Waals surface area contributed by atoms with Crippen LogP contribution in [0.1, 0.15) is 85.5 Å². The molecule has 10 nitrogen and oxygen atoms in total. The summed E-state index contributed by atoms with van der Waals surface area (Å²) in [5.74, 6) is -0.417. The fourth-order valence-corrected chi connectivity index (χ4v) is 11.7. The molecule has 0 radical (unpaired) electrons. The monoisotopic (exact) mass is 634 g/mol. The van der Waals surface area contributed by atoms with Crippen LogP contribution in [0.15, 0.2) is 23.8 Å². The van der Waals surface area contributed by atoms with Crippen LogP contribution in [0.25, 0.3) is 0 Å². The molecule has 0 spiro atoms. The molecule has 6 aliphatic rings. The number of aliphatic hydroxyl groups excluding tert-OH is 7. The van der Waals surface area contributed by atoms with Crippen LogP contribution in [-0.4, -0.2) is 97.8 Å². The Labute approximate surface area is 266 Å². The molecule has 15 unspecified atom stereocenters. The zero-order valence-electron chi connectivity index (χ0n) is 27.2. The van der Waals surface area contributed by atoms with Crippen LogP contribution in [0.2, 0.25) is 0 Å². The second kappa shape index (κ2) is 11.1. The number of fused-ring (bicyclic) bond motifs is 7. The van der Waals surface area contributed by atoms with E-state index in [9.17, 15) is 40.5 Å². The Balaban J connectivity index is 1.35. The van der Waals surface area contributed by atoms with E-state index in [1.165, 1.54) is 5.57 Å². The molecule has 1 aliphatic heterocycles. The number of hydrogen-bond acceptors (Lipinski definition) is 10. The van der Waals surface area contributed by atoms with E-state index in [1.807, 2.05) is 6.92 Å². The SMILES string of the molecule is C=C1CCC2(C(=O)OC3OC(CO)C(O)C(O)C3O)CCC3(C)C(=CCC4C5(C)CC(O)C(O)C(C)(CO)C5CCC43C)C2C1. The fourth-order valence-electron chi connectivity index (χ4n) is 11.7. The standard InChI is InChI=1S/C35H54O10/c1-18-8-11-35(30(43)45-29-27(41)26(40)25(39)22(16-36)44-29)13-12-33(4)19(20(35)14-18)6-7-24-31(2)15-21(38)28(42)32(3,17-37)23(31)9-10-34(24,33)5/h6,20-29,36-42H,1,7-17H2,2-5H3. The van der Waals surface area contributed by atoms with E-state index in [1.54, 1.807) is 0 Å². The summed E-state index contributed by atoms with van der Waals surface area (Å²) in [4.78, 5) is 14.3. The number of aliphatic hydroxyl groups is 7. The zero-order chi connectivity index (χ0) is 32.9. The number of hydrogen-bond donors (Lipinski definition) is 7. The molecule has 0 aromatic heterocycles. The number of rotatable bonds is 4. The Morgan fingerprint density at radius 1 is 0.978 bits per heavy atom. The Morgan fingerprint density at radius 2 is 1.69 bits per heavy atom. The van der Waals surface area contributed by atoms with Gasteiger partial charge in [-0.05, 0) is 85.9 Å². The minimum absolute atomic E-state index is 0.0516. The van der Waals surface area contributed by atoms with Crippen molar-refractivity contribution >= 4 is 5.97 Å². The number of carbonyl (C=O) groups is 1. The van der Waals surface area contributed by atoms with Gasteiger partial charge in [0.2, 0.25) is 6.29 Å². The molecule has 6 rings (SSSR count). The van der Waals surface area contributed by atoms with Gasteiger partial charge in [0.1, 0.15) is 24.4 Å². The fraction of sp³-hybridized carbons (Fsp3) is 0.857. The van der Waals surface area contributed by atoms with Crippen LogP contribution in [0.5, 0.6) is 0 Å². The van der Waals surface area contributed by atoms with Gasteiger partial charge in [-0.1, -0.05) is 51.5 Å². The molecule has 1 heterocycles. The van der Waals surface area contributed by atoms with E-state index < -0.39 is 66.3 Å². The smallest absolute Gasteiger partial charge is 0.315 e. The predicted molar refractivity (Wildman–Crippen MR) is 163 cm³/mol. The van der Waals surface area contributed by atoms with Gasteiger partial charge in [-0.25, -0.2) is 0 Å². The predicted octanol–water partition coefficient (Wildman–Crippen LogP) is 1.97. The molecule has 4 saturated carbocycles. The highest BCUT2D eigenvalue weighted by Gasteiger charge is 2.70. The van der Waals surface area contributed by atoms with Gasteiger partial charge in [-0.15, -0.1) is 0 Å². The third-order valence-electron chi connectivity index (χ3n) is 14.6. The Hall–Kier alpha value is -1.37. The quantitative estimate of drug-likeness (QED) is 0.179. The lowest BCUT2D eigenvalue weighted by atomic mass is 9.33. The average Bonchev–Trinajstić information content (AvgIpc) is 3.00. The second-order valence-corrected chi connectivity index (χ2v) is 16.4. The van der Waals surface area contributed by atoms with Crippen LogP contribution in [0, 0.1) is 44.8 Å². The van der Waals surface area contributed by atoms with Gasteiger partial charge in [0, 0.05) is 11.3 Å². The summed E-state index contributed by atoms with van der Waals surface area (Å²) in [7, 11) is 0. The van der Waals surface area contributed by atoms with Crippen molar-refractivity contribution in [2.75, 3.05) is 13.2 Å². The molecular formula is C35H54O10. The molecule has 10 heteroatoms. The maximum Gasteiger partial charge on any atom is 0.315 e. The van der Waals surface area contributed by atoms with E-state index in [-0.39, 0.29) is 40.6 Å². The highest BCUT2D eigenvalue weighted by Crippen LogP contribution is 2.75. The average molecular weight is 635 g/mol. The van der Waals surface area contributed by atoms with Crippen molar-refractivity contribution in [3.63, 3.8) is 0 Å². The van der Waals surface area contributed by atoms with Crippen LogP contribution in [-0.2, 0) is 14.3 Å². The van der Waals surface area contributed by atoms with Crippen LogP contribution in [0.4, 0.5) is 0 Å². The van der Waals surface area contributed by atoms with Gasteiger partial charge in [-0.3, -0.25) is 4.79 Å². The van der Waals surface area contributed by atoms with Gasteiger partial charge in [0.25, 0.3) is 0 Å². The van der Waals surface area contributed by atoms with Crippen molar-refractivity contribution in [3.05, 3.63) is 23.8 Å². The lowest BCUT2D eigenvalue weighted by Crippen LogP contribution is -2.68. The first-order valence-corrected chi connectivity index (χ1v) is 16.9. The Kier molecular flexibility index (Phi) is 8.26. The largest absolute Gasteiger partial charge is 0.432 e. The van der Waals surface area contributed by atoms with E-state index in [4.69, 9.17) is 9.47 Å². The normalized spacial score (nSPS) is 54.6. The van der Waals surface area contributed by atoms with E-state index in [0.29, 0.717) is 32.1 Å².